The molecule has 0 heterocycles. The lowest BCUT2D eigenvalue weighted by atomic mass is 10.2. The third kappa shape index (κ3) is 3.26. The first-order valence-electron chi connectivity index (χ1n) is 5.03. The van der Waals surface area contributed by atoms with E-state index in [0.29, 0.717) is 11.2 Å². The normalized spacial score (nSPS) is 13.2. The maximum atomic E-state index is 5.80. The summed E-state index contributed by atoms with van der Waals surface area (Å²) in [5.74, 6) is 0.696. The smallest absolute Gasteiger partial charge is 0.0327 e. The van der Waals surface area contributed by atoms with Gasteiger partial charge in [-0.05, 0) is 36.6 Å². The van der Waals surface area contributed by atoms with Gasteiger partial charge in [0.1, 0.15) is 0 Å². The van der Waals surface area contributed by atoms with E-state index in [1.54, 1.807) is 0 Å². The molecule has 0 aliphatic rings. The van der Waals surface area contributed by atoms with Gasteiger partial charge in [-0.2, -0.15) is 0 Å². The van der Waals surface area contributed by atoms with Gasteiger partial charge in [0, 0.05) is 15.8 Å². The van der Waals surface area contributed by atoms with Gasteiger partial charge in [-0.25, -0.2) is 0 Å². The second-order valence-electron chi connectivity index (χ2n) is 4.15. The van der Waals surface area contributed by atoms with Crippen LogP contribution in [0.4, 0.5) is 5.69 Å². The molecule has 0 fully saturated rings. The zero-order valence-corrected chi connectivity index (χ0v) is 10.2. The van der Waals surface area contributed by atoms with Crippen LogP contribution in [-0.4, -0.2) is 5.25 Å². The molecule has 1 unspecified atom stereocenters. The fraction of sp³-hybridized carbons (Fsp3) is 0.500. The highest BCUT2D eigenvalue weighted by Crippen LogP contribution is 2.29. The van der Waals surface area contributed by atoms with Crippen molar-refractivity contribution in [3.05, 3.63) is 23.8 Å². The first kappa shape index (κ1) is 11.4. The molecule has 0 saturated heterocycles. The van der Waals surface area contributed by atoms with Crippen molar-refractivity contribution in [2.75, 3.05) is 5.73 Å². The van der Waals surface area contributed by atoms with Gasteiger partial charge in [0.2, 0.25) is 0 Å². The summed E-state index contributed by atoms with van der Waals surface area (Å²) in [4.78, 5) is 1.28. The number of rotatable bonds is 3. The van der Waals surface area contributed by atoms with Crippen LogP contribution in [-0.2, 0) is 0 Å². The first-order chi connectivity index (χ1) is 6.49. The van der Waals surface area contributed by atoms with Crippen molar-refractivity contribution >= 4 is 17.4 Å². The van der Waals surface area contributed by atoms with E-state index < -0.39 is 0 Å². The molecule has 1 aromatic rings. The van der Waals surface area contributed by atoms with Gasteiger partial charge in [-0.15, -0.1) is 11.8 Å². The Hall–Kier alpha value is -0.630. The Bertz CT molecular complexity index is 287. The number of nitrogen functional groups attached to an aromatic ring is 1. The van der Waals surface area contributed by atoms with Crippen molar-refractivity contribution < 1.29 is 0 Å². The van der Waals surface area contributed by atoms with E-state index in [0.717, 1.165) is 5.69 Å². The molecule has 0 spiro atoms. The number of hydrogen-bond acceptors (Lipinski definition) is 2. The lowest BCUT2D eigenvalue weighted by molar-refractivity contribution is 0.642. The predicted octanol–water partition coefficient (Wildman–Crippen LogP) is 3.71. The molecular formula is C12H19NS. The Balaban J connectivity index is 2.76. The molecule has 0 aliphatic carbocycles. The largest absolute Gasteiger partial charge is 0.399 e. The van der Waals surface area contributed by atoms with Crippen LogP contribution in [0.1, 0.15) is 26.3 Å². The quantitative estimate of drug-likeness (QED) is 0.606. The molecule has 0 radical (unpaired) electrons. The van der Waals surface area contributed by atoms with Gasteiger partial charge in [0.15, 0.2) is 0 Å². The number of aryl methyl sites for hydroxylation is 1. The summed E-state index contributed by atoms with van der Waals surface area (Å²) in [6.45, 7) is 8.84. The molecule has 0 amide bonds. The van der Waals surface area contributed by atoms with E-state index in [-0.39, 0.29) is 0 Å². The number of hydrogen-bond donors (Lipinski definition) is 1. The van der Waals surface area contributed by atoms with Crippen molar-refractivity contribution in [2.24, 2.45) is 5.92 Å². The molecule has 2 heteroatoms. The van der Waals surface area contributed by atoms with Crippen LogP contribution in [0.25, 0.3) is 0 Å². The average Bonchev–Trinajstić information content (AvgIpc) is 2.01. The zero-order chi connectivity index (χ0) is 10.7. The topological polar surface area (TPSA) is 26.0 Å². The fourth-order valence-corrected chi connectivity index (χ4v) is 2.35. The zero-order valence-electron chi connectivity index (χ0n) is 9.37. The molecule has 1 atom stereocenters. The standard InChI is InChI=1S/C12H19NS/c1-8(2)10(4)14-12-6-9(3)5-11(13)7-12/h5-8,10H,13H2,1-4H3. The average molecular weight is 209 g/mol. The Morgan fingerprint density at radius 3 is 2.29 bits per heavy atom. The van der Waals surface area contributed by atoms with Crippen LogP contribution in [0.15, 0.2) is 23.1 Å². The monoisotopic (exact) mass is 209 g/mol. The van der Waals surface area contributed by atoms with Crippen LogP contribution >= 0.6 is 11.8 Å². The summed E-state index contributed by atoms with van der Waals surface area (Å²) in [6.07, 6.45) is 0. The summed E-state index contributed by atoms with van der Waals surface area (Å²) < 4.78 is 0. The van der Waals surface area contributed by atoms with Crippen LogP contribution in [0.5, 0.6) is 0 Å². The molecule has 0 saturated carbocycles. The van der Waals surface area contributed by atoms with E-state index in [1.807, 2.05) is 17.8 Å². The van der Waals surface area contributed by atoms with Crippen molar-refractivity contribution in [1.82, 2.24) is 0 Å². The van der Waals surface area contributed by atoms with Crippen LogP contribution in [0.3, 0.4) is 0 Å². The summed E-state index contributed by atoms with van der Waals surface area (Å²) in [7, 11) is 0. The number of nitrogens with two attached hydrogens (primary N) is 1. The molecule has 78 valence electrons. The van der Waals surface area contributed by atoms with Crippen LogP contribution in [0.2, 0.25) is 0 Å². The van der Waals surface area contributed by atoms with E-state index in [4.69, 9.17) is 5.73 Å². The highest BCUT2D eigenvalue weighted by Gasteiger charge is 2.09. The minimum Gasteiger partial charge on any atom is -0.399 e. The van der Waals surface area contributed by atoms with Gasteiger partial charge < -0.3 is 5.73 Å². The lowest BCUT2D eigenvalue weighted by Crippen LogP contribution is -2.05. The molecule has 0 aliphatic heterocycles. The third-order valence-corrected chi connectivity index (χ3v) is 3.76. The molecule has 1 rings (SSSR count). The predicted molar refractivity (Wildman–Crippen MR) is 65.7 cm³/mol. The minimum absolute atomic E-state index is 0.635. The van der Waals surface area contributed by atoms with Crippen LogP contribution < -0.4 is 5.73 Å². The van der Waals surface area contributed by atoms with Gasteiger partial charge in [0.25, 0.3) is 0 Å². The fourth-order valence-electron chi connectivity index (χ4n) is 1.20. The minimum atomic E-state index is 0.635. The molecule has 0 aromatic heterocycles. The van der Waals surface area contributed by atoms with Crippen molar-refractivity contribution in [2.45, 2.75) is 37.8 Å². The van der Waals surface area contributed by atoms with Crippen molar-refractivity contribution in [3.8, 4) is 0 Å². The van der Waals surface area contributed by atoms with E-state index in [2.05, 4.69) is 39.8 Å². The second-order valence-corrected chi connectivity index (χ2v) is 5.60. The second kappa shape index (κ2) is 4.74. The Kier molecular flexibility index (Phi) is 3.87. The maximum absolute atomic E-state index is 5.80. The first-order valence-corrected chi connectivity index (χ1v) is 5.91. The molecular weight excluding hydrogens is 190 g/mol. The molecule has 14 heavy (non-hydrogen) atoms. The molecule has 1 nitrogen and oxygen atoms in total. The van der Waals surface area contributed by atoms with Crippen molar-refractivity contribution in [1.29, 1.82) is 0 Å². The van der Waals surface area contributed by atoms with Crippen molar-refractivity contribution in [3.63, 3.8) is 0 Å². The summed E-state index contributed by atoms with van der Waals surface area (Å²) in [5, 5.41) is 0.635. The van der Waals surface area contributed by atoms with Crippen LogP contribution in [0, 0.1) is 12.8 Å². The molecule has 0 bridgehead atoms. The Morgan fingerprint density at radius 1 is 1.14 bits per heavy atom. The molecule has 2 N–H and O–H groups in total. The Morgan fingerprint density at radius 2 is 1.79 bits per heavy atom. The summed E-state index contributed by atoms with van der Waals surface area (Å²) in [5.41, 5.74) is 7.90. The van der Waals surface area contributed by atoms with Gasteiger partial charge >= 0.3 is 0 Å². The van der Waals surface area contributed by atoms with E-state index in [9.17, 15) is 0 Å². The Labute approximate surface area is 91.1 Å². The lowest BCUT2D eigenvalue weighted by Gasteiger charge is -2.15. The maximum Gasteiger partial charge on any atom is 0.0327 e. The molecule has 1 aromatic carbocycles. The highest BCUT2D eigenvalue weighted by atomic mass is 32.2. The van der Waals surface area contributed by atoms with E-state index >= 15 is 0 Å². The highest BCUT2D eigenvalue weighted by molar-refractivity contribution is 8.00. The SMILES string of the molecule is Cc1cc(N)cc(SC(C)C(C)C)c1. The number of thioether (sulfide) groups is 1. The van der Waals surface area contributed by atoms with E-state index in [1.165, 1.54) is 10.5 Å². The van der Waals surface area contributed by atoms with Gasteiger partial charge in [-0.1, -0.05) is 20.8 Å². The summed E-state index contributed by atoms with van der Waals surface area (Å²) >= 11 is 1.90. The third-order valence-electron chi connectivity index (χ3n) is 2.33. The van der Waals surface area contributed by atoms with Gasteiger partial charge in [-0.3, -0.25) is 0 Å². The number of anilines is 1. The summed E-state index contributed by atoms with van der Waals surface area (Å²) in [6, 6.07) is 6.25. The van der Waals surface area contributed by atoms with Gasteiger partial charge in [0.05, 0.1) is 0 Å². The number of benzene rings is 1.